The highest BCUT2D eigenvalue weighted by molar-refractivity contribution is 5.83. The Bertz CT molecular complexity index is 1810. The van der Waals surface area contributed by atoms with Gasteiger partial charge in [0.15, 0.2) is 0 Å². The lowest BCUT2D eigenvalue weighted by atomic mass is 10.1. The topological polar surface area (TPSA) is 196 Å². The molecule has 4 aliphatic rings. The second kappa shape index (κ2) is 21.0. The van der Waals surface area contributed by atoms with Gasteiger partial charge < -0.3 is 45.3 Å². The van der Waals surface area contributed by atoms with Crippen molar-refractivity contribution in [1.82, 2.24) is 15.3 Å². The van der Waals surface area contributed by atoms with Crippen molar-refractivity contribution in [3.63, 3.8) is 0 Å². The molecule has 13 heteroatoms. The maximum Gasteiger partial charge on any atom is 0.307 e. The van der Waals surface area contributed by atoms with E-state index in [4.69, 9.17) is 34.9 Å². The molecular formula is C44H54N4O9. The summed E-state index contributed by atoms with van der Waals surface area (Å²) in [6.45, 7) is 2.67. The van der Waals surface area contributed by atoms with Crippen molar-refractivity contribution in [2.24, 2.45) is 17.6 Å². The number of aliphatic hydroxyl groups excluding tert-OH is 2. The number of hydrogen-bond donors (Lipinski definition) is 5. The van der Waals surface area contributed by atoms with Crippen LogP contribution in [0.5, 0.6) is 11.8 Å². The summed E-state index contributed by atoms with van der Waals surface area (Å²) in [5.41, 5.74) is 9.61. The number of ether oxygens (including phenoxy) is 4. The Morgan fingerprint density at radius 3 is 1.58 bits per heavy atom. The Labute approximate surface area is 333 Å². The molecule has 0 unspecified atom stereocenters. The van der Waals surface area contributed by atoms with E-state index in [-0.39, 0.29) is 61.0 Å². The minimum Gasteiger partial charge on any atom is -0.481 e. The molecule has 2 aromatic carbocycles. The smallest absolute Gasteiger partial charge is 0.307 e. The summed E-state index contributed by atoms with van der Waals surface area (Å²) < 4.78 is 22.2. The minimum atomic E-state index is -0.663. The standard InChI is InChI=1S/C22H26N2O4.C12H18N2O3.C10H10O2/c25-14-20(24-22(26)19-12-18(19)15-4-2-1-3-5-15)16-6-7-21(23-13-16)28-17-8-10-27-11-9-17;13-11(8-15)9-1-2-12(14-7-9)17-10-3-5-16-6-4-10;11-10(12)9-6-8(9)7-4-2-1-3-5-7/h1-7,13,17-20,25H,8-12,14H2,(H,24,26);1-2,7,10-11,15H,3-6,8,13H2;1-5,8-9H,6H2,(H,11,12)/t18-,19+,20+;11-;8-,9+/m101/s1. The lowest BCUT2D eigenvalue weighted by Crippen LogP contribution is -2.32. The molecule has 304 valence electrons. The molecule has 4 heterocycles. The number of rotatable bonds is 13. The Balaban J connectivity index is 0.000000160. The summed E-state index contributed by atoms with van der Waals surface area (Å²) in [7, 11) is 0. The van der Waals surface area contributed by atoms with Gasteiger partial charge in [0.2, 0.25) is 17.7 Å². The zero-order valence-electron chi connectivity index (χ0n) is 32.1. The van der Waals surface area contributed by atoms with E-state index in [1.54, 1.807) is 24.5 Å². The molecule has 0 spiro atoms. The molecule has 13 nitrogen and oxygen atoms in total. The number of amides is 1. The first-order valence-electron chi connectivity index (χ1n) is 19.8. The average molecular weight is 783 g/mol. The summed E-state index contributed by atoms with van der Waals surface area (Å²) in [6.07, 6.45) is 8.82. The first kappa shape index (κ1) is 41.7. The number of carbonyl (C=O) groups is 2. The van der Waals surface area contributed by atoms with Gasteiger partial charge in [0, 0.05) is 56.1 Å². The number of carbonyl (C=O) groups excluding carboxylic acids is 1. The number of hydrogen-bond acceptors (Lipinski definition) is 11. The van der Waals surface area contributed by atoms with Crippen LogP contribution < -0.4 is 20.5 Å². The van der Waals surface area contributed by atoms with E-state index in [1.807, 2.05) is 60.7 Å². The Kier molecular flexibility index (Phi) is 15.4. The molecule has 4 aromatic rings. The molecule has 0 bridgehead atoms. The van der Waals surface area contributed by atoms with E-state index >= 15 is 0 Å². The normalized spacial score (nSPS) is 22.6. The number of pyridine rings is 2. The van der Waals surface area contributed by atoms with Gasteiger partial charge in [-0.1, -0.05) is 66.7 Å². The molecule has 0 radical (unpaired) electrons. The summed E-state index contributed by atoms with van der Waals surface area (Å²) in [5, 5.41) is 30.3. The van der Waals surface area contributed by atoms with Crippen molar-refractivity contribution < 1.29 is 43.9 Å². The van der Waals surface area contributed by atoms with Gasteiger partial charge in [-0.25, -0.2) is 9.97 Å². The van der Waals surface area contributed by atoms with Crippen LogP contribution in [0.25, 0.3) is 0 Å². The number of aromatic nitrogens is 2. The third kappa shape index (κ3) is 12.5. The van der Waals surface area contributed by atoms with E-state index in [2.05, 4.69) is 27.4 Å². The van der Waals surface area contributed by atoms with Crippen LogP contribution in [0.4, 0.5) is 0 Å². The maximum absolute atomic E-state index is 12.6. The van der Waals surface area contributed by atoms with Gasteiger partial charge in [-0.2, -0.15) is 0 Å². The van der Waals surface area contributed by atoms with E-state index < -0.39 is 12.0 Å². The zero-order chi connectivity index (χ0) is 40.0. The number of carboxylic acids is 1. The molecule has 6 atom stereocenters. The molecule has 4 fully saturated rings. The zero-order valence-corrected chi connectivity index (χ0v) is 32.1. The molecule has 57 heavy (non-hydrogen) atoms. The predicted octanol–water partition coefficient (Wildman–Crippen LogP) is 5.10. The van der Waals surface area contributed by atoms with Crippen molar-refractivity contribution in [3.8, 4) is 11.8 Å². The van der Waals surface area contributed by atoms with Crippen LogP contribution in [0.1, 0.15) is 84.7 Å². The lowest BCUT2D eigenvalue weighted by molar-refractivity contribution is -0.138. The fourth-order valence-corrected chi connectivity index (χ4v) is 6.99. The van der Waals surface area contributed by atoms with E-state index in [1.165, 1.54) is 5.56 Å². The van der Waals surface area contributed by atoms with Crippen LogP contribution >= 0.6 is 0 Å². The lowest BCUT2D eigenvalue weighted by Gasteiger charge is -2.23. The first-order chi connectivity index (χ1) is 27.8. The fraction of sp³-hybridized carbons (Fsp3) is 0.455. The van der Waals surface area contributed by atoms with Crippen molar-refractivity contribution in [2.45, 2.75) is 74.7 Å². The molecule has 1 amide bonds. The molecule has 2 aliphatic carbocycles. The SMILES string of the molecule is N[C@@H](CO)c1ccc(OC2CCOCC2)nc1.O=C(N[C@@H](CO)c1ccc(OC2CCOCC2)nc1)[C@H]1C[C@@H]1c1ccccc1.O=C(O)[C@H]1C[C@@H]1c1ccccc1. The van der Waals surface area contributed by atoms with Gasteiger partial charge in [-0.05, 0) is 53.0 Å². The van der Waals surface area contributed by atoms with Crippen molar-refractivity contribution >= 4 is 11.9 Å². The van der Waals surface area contributed by atoms with E-state index in [0.29, 0.717) is 25.0 Å². The Morgan fingerprint density at radius 1 is 0.684 bits per heavy atom. The van der Waals surface area contributed by atoms with Crippen LogP contribution in [-0.2, 0) is 19.1 Å². The van der Waals surface area contributed by atoms with Crippen molar-refractivity contribution in [2.75, 3.05) is 39.6 Å². The molecule has 2 aromatic heterocycles. The molecule has 2 saturated carbocycles. The number of carboxylic acid groups (broad SMARTS) is 1. The summed E-state index contributed by atoms with van der Waals surface area (Å²) in [4.78, 5) is 31.7. The third-order valence-electron chi connectivity index (χ3n) is 10.6. The molecule has 8 rings (SSSR count). The van der Waals surface area contributed by atoms with Gasteiger partial charge in [0.25, 0.3) is 0 Å². The van der Waals surface area contributed by atoms with Crippen molar-refractivity contribution in [3.05, 3.63) is 120 Å². The monoisotopic (exact) mass is 782 g/mol. The first-order valence-corrected chi connectivity index (χ1v) is 19.8. The largest absolute Gasteiger partial charge is 0.481 e. The number of nitrogens with one attached hydrogen (secondary N) is 1. The summed E-state index contributed by atoms with van der Waals surface area (Å²) in [6, 6.07) is 26.4. The quantitative estimate of drug-likeness (QED) is 0.121. The second-order valence-electron chi connectivity index (χ2n) is 14.8. The highest BCUT2D eigenvalue weighted by Gasteiger charge is 2.45. The summed E-state index contributed by atoms with van der Waals surface area (Å²) in [5.74, 6) is 0.862. The molecular weight excluding hydrogens is 729 g/mol. The second-order valence-corrected chi connectivity index (χ2v) is 14.8. The average Bonchev–Trinajstić information content (AvgIpc) is 4.20. The number of aliphatic carboxylic acids is 1. The third-order valence-corrected chi connectivity index (χ3v) is 10.6. The van der Waals surface area contributed by atoms with Crippen molar-refractivity contribution in [1.29, 1.82) is 0 Å². The highest BCUT2D eigenvalue weighted by atomic mass is 16.5. The molecule has 2 saturated heterocycles. The van der Waals surface area contributed by atoms with E-state index in [0.717, 1.165) is 68.4 Å². The van der Waals surface area contributed by atoms with Gasteiger partial charge in [0.1, 0.15) is 12.2 Å². The van der Waals surface area contributed by atoms with Crippen LogP contribution in [0.15, 0.2) is 97.3 Å². The van der Waals surface area contributed by atoms with Gasteiger partial charge in [-0.3, -0.25) is 9.59 Å². The van der Waals surface area contributed by atoms with Crippen LogP contribution in [0.3, 0.4) is 0 Å². The highest BCUT2D eigenvalue weighted by Crippen LogP contribution is 2.48. The maximum atomic E-state index is 12.6. The van der Waals surface area contributed by atoms with Gasteiger partial charge >= 0.3 is 5.97 Å². The summed E-state index contributed by atoms with van der Waals surface area (Å²) >= 11 is 0. The number of nitrogens with two attached hydrogens (primary N) is 1. The van der Waals surface area contributed by atoms with Crippen LogP contribution in [0, 0.1) is 11.8 Å². The molecule has 6 N–H and O–H groups in total. The number of aliphatic hydroxyl groups is 2. The number of nitrogens with zero attached hydrogens (tertiary/aromatic N) is 2. The fourth-order valence-electron chi connectivity index (χ4n) is 6.99. The van der Waals surface area contributed by atoms with Gasteiger partial charge in [0.05, 0.1) is 57.6 Å². The van der Waals surface area contributed by atoms with Crippen LogP contribution in [-0.4, -0.2) is 89.0 Å². The van der Waals surface area contributed by atoms with E-state index in [9.17, 15) is 14.7 Å². The van der Waals surface area contributed by atoms with Gasteiger partial charge in [-0.15, -0.1) is 0 Å². The minimum absolute atomic E-state index is 0.0181. The molecule has 2 aliphatic heterocycles. The Hall–Kier alpha value is -4.92. The number of benzene rings is 2. The van der Waals surface area contributed by atoms with Crippen LogP contribution in [0.2, 0.25) is 0 Å². The predicted molar refractivity (Wildman–Crippen MR) is 212 cm³/mol. The Morgan fingerprint density at radius 2 is 1.16 bits per heavy atom.